The maximum Gasteiger partial charge on any atom is 0.263 e. The molecular weight excluding hydrogens is 448 g/mol. The van der Waals surface area contributed by atoms with Gasteiger partial charge in [-0.3, -0.25) is 14.2 Å². The lowest BCUT2D eigenvalue weighted by Gasteiger charge is -2.15. The summed E-state index contributed by atoms with van der Waals surface area (Å²) in [6.45, 7) is 1.60. The molecule has 2 heterocycles. The molecule has 4 aromatic rings. The minimum atomic E-state index is -0.840. The van der Waals surface area contributed by atoms with Crippen LogP contribution in [0.5, 0.6) is 0 Å². The highest BCUT2D eigenvalue weighted by atomic mass is 35.5. The number of benzene rings is 2. The van der Waals surface area contributed by atoms with Crippen LogP contribution in [0, 0.1) is 5.82 Å². The molecule has 1 atom stereocenters. The number of rotatable bonds is 4. The minimum absolute atomic E-state index is 0.354. The minimum Gasteiger partial charge on any atom is -0.324 e. The van der Waals surface area contributed by atoms with E-state index in [0.29, 0.717) is 37.1 Å². The topological polar surface area (TPSA) is 64.0 Å². The van der Waals surface area contributed by atoms with Gasteiger partial charge in [0, 0.05) is 26.7 Å². The number of carbonyl (C=O) groups excluding carboxylic acids is 1. The Morgan fingerprint density at radius 3 is 2.50 bits per heavy atom. The van der Waals surface area contributed by atoms with Crippen LogP contribution < -0.4 is 10.9 Å². The summed E-state index contributed by atoms with van der Waals surface area (Å²) < 4.78 is 14.5. The molecule has 0 radical (unpaired) electrons. The SMILES string of the molecule is CC(C(=O)Nc1cc(Cl)cc(Cl)c1)n1cnc2scc(-c3ccc(F)cc3)c2c1=O. The Kier molecular flexibility index (Phi) is 5.60. The zero-order valence-corrected chi connectivity index (χ0v) is 17.9. The molecule has 0 bridgehead atoms. The quantitative estimate of drug-likeness (QED) is 0.419. The van der Waals surface area contributed by atoms with E-state index in [1.54, 1.807) is 42.6 Å². The Hall–Kier alpha value is -2.74. The van der Waals surface area contributed by atoms with E-state index < -0.39 is 11.9 Å². The van der Waals surface area contributed by atoms with Crippen LogP contribution >= 0.6 is 34.5 Å². The molecule has 0 spiro atoms. The number of hydrogen-bond acceptors (Lipinski definition) is 4. The number of anilines is 1. The number of fused-ring (bicyclic) bond motifs is 1. The molecule has 0 saturated heterocycles. The summed E-state index contributed by atoms with van der Waals surface area (Å²) >= 11 is 13.3. The Bertz CT molecular complexity index is 1300. The summed E-state index contributed by atoms with van der Waals surface area (Å²) in [4.78, 5) is 30.8. The van der Waals surface area contributed by atoms with Gasteiger partial charge >= 0.3 is 0 Å². The number of halogens is 3. The molecule has 30 heavy (non-hydrogen) atoms. The van der Waals surface area contributed by atoms with Gasteiger partial charge in [0.15, 0.2) is 0 Å². The number of hydrogen-bond donors (Lipinski definition) is 1. The predicted octanol–water partition coefficient (Wildman–Crippen LogP) is 5.77. The predicted molar refractivity (Wildman–Crippen MR) is 119 cm³/mol. The molecule has 0 aliphatic heterocycles. The molecule has 1 amide bonds. The average molecular weight is 462 g/mol. The summed E-state index contributed by atoms with van der Waals surface area (Å²) in [5, 5.41) is 5.66. The normalized spacial score (nSPS) is 12.1. The third-order valence-electron chi connectivity index (χ3n) is 4.60. The van der Waals surface area contributed by atoms with Crippen molar-refractivity contribution in [2.75, 3.05) is 5.32 Å². The lowest BCUT2D eigenvalue weighted by atomic mass is 10.1. The molecule has 0 fully saturated rings. The van der Waals surface area contributed by atoms with Gasteiger partial charge in [-0.1, -0.05) is 35.3 Å². The molecule has 152 valence electrons. The fourth-order valence-corrected chi connectivity index (χ4v) is 4.49. The van der Waals surface area contributed by atoms with E-state index in [1.807, 2.05) is 0 Å². The number of nitrogens with one attached hydrogen (secondary N) is 1. The summed E-state index contributed by atoms with van der Waals surface area (Å²) in [5.41, 5.74) is 1.42. The van der Waals surface area contributed by atoms with Crippen molar-refractivity contribution in [3.8, 4) is 11.1 Å². The zero-order valence-electron chi connectivity index (χ0n) is 15.5. The fraction of sp³-hybridized carbons (Fsp3) is 0.0952. The van der Waals surface area contributed by atoms with Crippen molar-refractivity contribution in [3.05, 3.63) is 80.4 Å². The molecule has 0 aliphatic rings. The van der Waals surface area contributed by atoms with Gasteiger partial charge in [-0.15, -0.1) is 11.3 Å². The van der Waals surface area contributed by atoms with Gasteiger partial charge in [0.05, 0.1) is 11.7 Å². The van der Waals surface area contributed by atoms with Crippen molar-refractivity contribution in [1.82, 2.24) is 9.55 Å². The van der Waals surface area contributed by atoms with Gasteiger partial charge in [-0.05, 0) is 42.8 Å². The largest absolute Gasteiger partial charge is 0.324 e. The van der Waals surface area contributed by atoms with E-state index in [2.05, 4.69) is 10.3 Å². The van der Waals surface area contributed by atoms with E-state index in [4.69, 9.17) is 23.2 Å². The van der Waals surface area contributed by atoms with Crippen LogP contribution in [0.2, 0.25) is 10.0 Å². The van der Waals surface area contributed by atoms with Gasteiger partial charge in [-0.25, -0.2) is 9.37 Å². The van der Waals surface area contributed by atoms with Gasteiger partial charge in [-0.2, -0.15) is 0 Å². The van der Waals surface area contributed by atoms with Crippen molar-refractivity contribution in [2.24, 2.45) is 0 Å². The molecule has 1 unspecified atom stereocenters. The van der Waals surface area contributed by atoms with E-state index in [0.717, 1.165) is 0 Å². The summed E-state index contributed by atoms with van der Waals surface area (Å²) in [6.07, 6.45) is 1.35. The van der Waals surface area contributed by atoms with Crippen LogP contribution in [-0.2, 0) is 4.79 Å². The second kappa shape index (κ2) is 8.18. The smallest absolute Gasteiger partial charge is 0.263 e. The van der Waals surface area contributed by atoms with Crippen LogP contribution in [0.4, 0.5) is 10.1 Å². The number of aromatic nitrogens is 2. The van der Waals surface area contributed by atoms with Gasteiger partial charge in [0.1, 0.15) is 16.7 Å². The van der Waals surface area contributed by atoms with Crippen LogP contribution in [0.1, 0.15) is 13.0 Å². The van der Waals surface area contributed by atoms with Crippen LogP contribution in [0.3, 0.4) is 0 Å². The van der Waals surface area contributed by atoms with Crippen molar-refractivity contribution < 1.29 is 9.18 Å². The molecule has 9 heteroatoms. The second-order valence-electron chi connectivity index (χ2n) is 6.62. The number of nitrogens with zero attached hydrogens (tertiary/aromatic N) is 2. The van der Waals surface area contributed by atoms with Crippen LogP contribution in [0.15, 0.2) is 59.0 Å². The third-order valence-corrected chi connectivity index (χ3v) is 5.92. The standard InChI is InChI=1S/C21H14Cl2FN3O2S/c1-11(19(28)26-16-7-13(22)6-14(23)8-16)27-10-25-20-18(21(27)29)17(9-30-20)12-2-4-15(24)5-3-12/h2-11H,1H3,(H,26,28). The van der Waals surface area contributed by atoms with Crippen molar-refractivity contribution in [1.29, 1.82) is 0 Å². The van der Waals surface area contributed by atoms with Gasteiger partial charge in [0.25, 0.3) is 5.56 Å². The van der Waals surface area contributed by atoms with Crippen molar-refractivity contribution in [3.63, 3.8) is 0 Å². The van der Waals surface area contributed by atoms with Gasteiger partial charge < -0.3 is 5.32 Å². The van der Waals surface area contributed by atoms with E-state index >= 15 is 0 Å². The molecule has 1 N–H and O–H groups in total. The van der Waals surface area contributed by atoms with Crippen molar-refractivity contribution >= 4 is 56.3 Å². The Morgan fingerprint density at radius 2 is 1.83 bits per heavy atom. The Balaban J connectivity index is 1.71. The maximum absolute atomic E-state index is 13.3. The molecule has 2 aromatic carbocycles. The first-order valence-corrected chi connectivity index (χ1v) is 10.5. The lowest BCUT2D eigenvalue weighted by molar-refractivity contribution is -0.118. The first-order valence-electron chi connectivity index (χ1n) is 8.84. The first kappa shape index (κ1) is 20.5. The molecular formula is C21H14Cl2FN3O2S. The average Bonchev–Trinajstić information content (AvgIpc) is 3.12. The molecule has 0 saturated carbocycles. The zero-order chi connectivity index (χ0) is 21.4. The number of carbonyl (C=O) groups is 1. The summed E-state index contributed by atoms with van der Waals surface area (Å²) in [7, 11) is 0. The van der Waals surface area contributed by atoms with E-state index in [1.165, 1.54) is 34.4 Å². The summed E-state index contributed by atoms with van der Waals surface area (Å²) in [5.74, 6) is -0.782. The Labute approximate surface area is 184 Å². The van der Waals surface area contributed by atoms with E-state index in [-0.39, 0.29) is 11.4 Å². The molecule has 2 aromatic heterocycles. The molecule has 4 rings (SSSR count). The fourth-order valence-electron chi connectivity index (χ4n) is 3.06. The van der Waals surface area contributed by atoms with Crippen LogP contribution in [-0.4, -0.2) is 15.5 Å². The molecule has 5 nitrogen and oxygen atoms in total. The van der Waals surface area contributed by atoms with Crippen LogP contribution in [0.25, 0.3) is 21.3 Å². The highest BCUT2D eigenvalue weighted by Crippen LogP contribution is 2.31. The summed E-state index contributed by atoms with van der Waals surface area (Å²) in [6, 6.07) is 9.71. The molecule has 0 aliphatic carbocycles. The maximum atomic E-state index is 13.3. The van der Waals surface area contributed by atoms with Crippen molar-refractivity contribution in [2.45, 2.75) is 13.0 Å². The number of thiophene rings is 1. The third kappa shape index (κ3) is 3.96. The highest BCUT2D eigenvalue weighted by Gasteiger charge is 2.20. The second-order valence-corrected chi connectivity index (χ2v) is 8.35. The first-order chi connectivity index (χ1) is 14.3. The lowest BCUT2D eigenvalue weighted by Crippen LogP contribution is -2.31. The monoisotopic (exact) mass is 461 g/mol. The highest BCUT2D eigenvalue weighted by molar-refractivity contribution is 7.17. The van der Waals surface area contributed by atoms with E-state index in [9.17, 15) is 14.0 Å². The number of amides is 1. The van der Waals surface area contributed by atoms with Gasteiger partial charge in [0.2, 0.25) is 5.91 Å². The Morgan fingerprint density at radius 1 is 1.17 bits per heavy atom.